The fourth-order valence-corrected chi connectivity index (χ4v) is 8.43. The molecular formula is C46H68N2O12. The fraction of sp³-hybridized carbons (Fsp3) is 0.652. The normalized spacial score (nSPS) is 31.4. The van der Waals surface area contributed by atoms with E-state index in [1.54, 1.807) is 62.6 Å². The highest BCUT2D eigenvalue weighted by Crippen LogP contribution is 2.39. The van der Waals surface area contributed by atoms with Gasteiger partial charge in [0.25, 0.3) is 0 Å². The van der Waals surface area contributed by atoms with Crippen molar-refractivity contribution in [3.63, 3.8) is 0 Å². The molecule has 2 heterocycles. The van der Waals surface area contributed by atoms with Crippen molar-refractivity contribution in [3.05, 3.63) is 59.7 Å². The summed E-state index contributed by atoms with van der Waals surface area (Å²) in [6.07, 6.45) is -3.29. The molecule has 0 saturated carbocycles. The average molecular weight is 841 g/mol. The molecule has 2 fully saturated rings. The summed E-state index contributed by atoms with van der Waals surface area (Å²) in [7, 11) is 7.24. The van der Waals surface area contributed by atoms with E-state index in [9.17, 15) is 19.2 Å². The summed E-state index contributed by atoms with van der Waals surface area (Å²) in [5, 5.41) is 0. The Hall–Kier alpha value is -4.08. The highest BCUT2D eigenvalue weighted by atomic mass is 16.7. The number of Topliss-reactive ketones (excluding diaryl/α,β-unsaturated/α-hetero) is 1. The number of hydrogen-bond acceptors (Lipinski definition) is 14. The third-order valence-electron chi connectivity index (χ3n) is 11.7. The number of hydrogen-bond donors (Lipinski definition) is 0. The number of ether oxygens (including phenoxy) is 8. The number of methoxy groups -OCH3 is 1. The molecule has 0 spiro atoms. The van der Waals surface area contributed by atoms with Crippen molar-refractivity contribution >= 4 is 23.7 Å². The van der Waals surface area contributed by atoms with Crippen LogP contribution in [-0.4, -0.2) is 137 Å². The second-order valence-corrected chi connectivity index (χ2v) is 16.8. The number of nitrogens with zero attached hydrogens (tertiary/aromatic N) is 2. The summed E-state index contributed by atoms with van der Waals surface area (Å²) < 4.78 is 49.2. The molecule has 2 saturated heterocycles. The van der Waals surface area contributed by atoms with Gasteiger partial charge in [-0.3, -0.25) is 9.59 Å². The van der Waals surface area contributed by atoms with Crippen LogP contribution in [0.2, 0.25) is 0 Å². The molecule has 0 aromatic heterocycles. The lowest BCUT2D eigenvalue weighted by Gasteiger charge is -2.48. The zero-order valence-corrected chi connectivity index (χ0v) is 37.6. The molecular weight excluding hydrogens is 773 g/mol. The summed E-state index contributed by atoms with van der Waals surface area (Å²) >= 11 is 0. The molecule has 14 nitrogen and oxygen atoms in total. The standard InChI is InChI=1S/C46H68N2O12/c1-13-54-35-19-15-33(16-20-35)43(51)58-39-28(3)26-46(8,53-12)41(31(6)38(49)32(7)42(50)56-24-23-48(11)27-29(39)4)60-45-40(37(47(9)10)25-30(5)57-45)59-44(52)34-17-21-36(22-18-34)55-14-2/h15-22,28-32,37,39-41,45H,13-14,23-27H2,1-12H3/t28-,29-,30-,31+,32-,37+,39+,40-,41-,45+,46-/m1/s1. The van der Waals surface area contributed by atoms with Crippen LogP contribution in [0, 0.1) is 23.7 Å². The quantitative estimate of drug-likeness (QED) is 0.138. The van der Waals surface area contributed by atoms with E-state index in [1.165, 1.54) is 6.92 Å². The van der Waals surface area contributed by atoms with Gasteiger partial charge in [0.05, 0.1) is 48.2 Å². The summed E-state index contributed by atoms with van der Waals surface area (Å²) in [6.45, 7) is 16.7. The Bertz CT molecular complexity index is 1700. The lowest BCUT2D eigenvalue weighted by atomic mass is 9.76. The Kier molecular flexibility index (Phi) is 17.9. The first-order valence-electron chi connectivity index (χ1n) is 21.2. The molecule has 0 bridgehead atoms. The van der Waals surface area contributed by atoms with Gasteiger partial charge in [0.1, 0.15) is 30.1 Å². The molecule has 2 aliphatic heterocycles. The largest absolute Gasteiger partial charge is 0.494 e. The van der Waals surface area contributed by atoms with Gasteiger partial charge in [-0.2, -0.15) is 0 Å². The lowest BCUT2D eigenvalue weighted by Crippen LogP contribution is -2.60. The first-order valence-corrected chi connectivity index (χ1v) is 21.2. The highest BCUT2D eigenvalue weighted by Gasteiger charge is 2.51. The molecule has 11 atom stereocenters. The Morgan fingerprint density at radius 3 is 1.87 bits per heavy atom. The van der Waals surface area contributed by atoms with Crippen LogP contribution in [0.1, 0.15) is 88.9 Å². The molecule has 4 rings (SSSR count). The molecule has 0 radical (unpaired) electrons. The van der Waals surface area contributed by atoms with Crippen LogP contribution in [0.4, 0.5) is 0 Å². The van der Waals surface area contributed by atoms with Crippen LogP contribution in [0.15, 0.2) is 48.5 Å². The minimum atomic E-state index is -1.24. The fourth-order valence-electron chi connectivity index (χ4n) is 8.43. The van der Waals surface area contributed by atoms with Crippen LogP contribution < -0.4 is 9.47 Å². The molecule has 0 amide bonds. The van der Waals surface area contributed by atoms with Crippen LogP contribution in [0.25, 0.3) is 0 Å². The number of ketones is 1. The summed E-state index contributed by atoms with van der Waals surface area (Å²) in [5.74, 6) is -3.44. The zero-order valence-electron chi connectivity index (χ0n) is 37.6. The molecule has 14 heteroatoms. The van der Waals surface area contributed by atoms with E-state index in [2.05, 4.69) is 0 Å². The predicted octanol–water partition coefficient (Wildman–Crippen LogP) is 6.08. The van der Waals surface area contributed by atoms with Crippen LogP contribution in [0.5, 0.6) is 11.5 Å². The summed E-state index contributed by atoms with van der Waals surface area (Å²) in [5.41, 5.74) is -0.545. The summed E-state index contributed by atoms with van der Waals surface area (Å²) in [4.78, 5) is 59.3. The maximum Gasteiger partial charge on any atom is 0.338 e. The van der Waals surface area contributed by atoms with Crippen molar-refractivity contribution in [3.8, 4) is 11.5 Å². The van der Waals surface area contributed by atoms with Crippen LogP contribution in [0.3, 0.4) is 0 Å². The number of benzene rings is 2. The molecule has 60 heavy (non-hydrogen) atoms. The van der Waals surface area contributed by atoms with Gasteiger partial charge in [0, 0.05) is 32.0 Å². The van der Waals surface area contributed by atoms with Crippen molar-refractivity contribution in [2.24, 2.45) is 23.7 Å². The van der Waals surface area contributed by atoms with Crippen LogP contribution >= 0.6 is 0 Å². The molecule has 0 N–H and O–H groups in total. The highest BCUT2D eigenvalue weighted by molar-refractivity contribution is 6.00. The zero-order chi connectivity index (χ0) is 44.3. The van der Waals surface area contributed by atoms with Gasteiger partial charge in [-0.05, 0) is 123 Å². The van der Waals surface area contributed by atoms with E-state index in [1.807, 2.05) is 72.5 Å². The van der Waals surface area contributed by atoms with Gasteiger partial charge in [-0.25, -0.2) is 9.59 Å². The van der Waals surface area contributed by atoms with E-state index in [4.69, 9.17) is 37.9 Å². The van der Waals surface area contributed by atoms with E-state index in [0.717, 1.165) is 0 Å². The van der Waals surface area contributed by atoms with Crippen molar-refractivity contribution < 1.29 is 57.1 Å². The smallest absolute Gasteiger partial charge is 0.338 e. The number of carbonyl (C=O) groups is 4. The lowest BCUT2D eigenvalue weighted by molar-refractivity contribution is -0.295. The number of likely N-dealkylation sites (N-methyl/N-ethyl adjacent to an activating group) is 2. The molecule has 2 aromatic carbocycles. The van der Waals surface area contributed by atoms with Crippen molar-refractivity contribution in [1.82, 2.24) is 9.80 Å². The third kappa shape index (κ3) is 12.5. The molecule has 0 aliphatic carbocycles. The molecule has 2 aromatic rings. The van der Waals surface area contributed by atoms with Crippen molar-refractivity contribution in [1.29, 1.82) is 0 Å². The maximum absolute atomic E-state index is 14.4. The average Bonchev–Trinajstić information content (AvgIpc) is 3.21. The van der Waals surface area contributed by atoms with E-state index >= 15 is 0 Å². The predicted molar refractivity (Wildman–Crippen MR) is 225 cm³/mol. The van der Waals surface area contributed by atoms with Crippen molar-refractivity contribution in [2.45, 2.75) is 111 Å². The SMILES string of the molecule is CCOc1ccc(C(=O)O[C@@H]2[C@H](C)CN(C)CCOC(=O)[C@H](C)C(=O)[C@H](C)[C@@H](O[C@@H]3O[C@H](C)C[C@H](N(C)C)[C@H]3OC(=O)c3ccc(OCC)cc3)[C@](C)(OC)C[C@H]2C)cc1. The van der Waals surface area contributed by atoms with Gasteiger partial charge >= 0.3 is 17.9 Å². The van der Waals surface area contributed by atoms with Gasteiger partial charge in [0.15, 0.2) is 18.2 Å². The van der Waals surface area contributed by atoms with E-state index < -0.39 is 65.7 Å². The Morgan fingerprint density at radius 1 is 0.833 bits per heavy atom. The molecule has 0 unspecified atom stereocenters. The second-order valence-electron chi connectivity index (χ2n) is 16.8. The summed E-state index contributed by atoms with van der Waals surface area (Å²) in [6, 6.07) is 13.2. The number of carbonyl (C=O) groups excluding carboxylic acids is 4. The first-order chi connectivity index (χ1) is 28.4. The van der Waals surface area contributed by atoms with Gasteiger partial charge < -0.3 is 47.7 Å². The van der Waals surface area contributed by atoms with E-state index in [-0.39, 0.29) is 37.0 Å². The van der Waals surface area contributed by atoms with Gasteiger partial charge in [0.2, 0.25) is 0 Å². The molecule has 334 valence electrons. The van der Waals surface area contributed by atoms with Crippen molar-refractivity contribution in [2.75, 3.05) is 61.2 Å². The minimum absolute atomic E-state index is 0.0666. The Labute approximate surface area is 356 Å². The number of rotatable bonds is 12. The third-order valence-corrected chi connectivity index (χ3v) is 11.7. The Balaban J connectivity index is 1.75. The second kappa shape index (κ2) is 22.1. The van der Waals surface area contributed by atoms with Crippen LogP contribution in [-0.2, 0) is 38.0 Å². The van der Waals surface area contributed by atoms with Gasteiger partial charge in [-0.15, -0.1) is 0 Å². The monoisotopic (exact) mass is 840 g/mol. The number of esters is 3. The Morgan fingerprint density at radius 2 is 1.37 bits per heavy atom. The number of cyclic esters (lactones) is 1. The molecule has 2 aliphatic rings. The minimum Gasteiger partial charge on any atom is -0.494 e. The first kappa shape index (κ1) is 48.6. The topological polar surface area (TPSA) is 149 Å². The van der Waals surface area contributed by atoms with E-state index in [0.29, 0.717) is 55.4 Å². The maximum atomic E-state index is 14.4. The van der Waals surface area contributed by atoms with Gasteiger partial charge in [-0.1, -0.05) is 20.8 Å².